The standard InChI is InChI=1S/C12H17N3O2/c1-8-3-2-4-11(14-8)15-12(16)10-6-5-9(7-13)17-10/h2-4,9-10H,5-7,13H2,1H3,(H,14,15,16)/t9-,10+/m1/s1. The van der Waals surface area contributed by atoms with Crippen LogP contribution in [0.4, 0.5) is 5.82 Å². The Morgan fingerprint density at radius 2 is 2.41 bits per heavy atom. The first kappa shape index (κ1) is 12.0. The number of aryl methyl sites for hydroxylation is 1. The van der Waals surface area contributed by atoms with Crippen molar-refractivity contribution in [3.05, 3.63) is 23.9 Å². The molecule has 2 rings (SSSR count). The number of pyridine rings is 1. The zero-order valence-corrected chi connectivity index (χ0v) is 9.85. The maximum atomic E-state index is 11.9. The highest BCUT2D eigenvalue weighted by Gasteiger charge is 2.29. The van der Waals surface area contributed by atoms with Gasteiger partial charge in [0.2, 0.25) is 0 Å². The maximum Gasteiger partial charge on any atom is 0.254 e. The Labute approximate surface area is 100 Å². The Morgan fingerprint density at radius 3 is 3.06 bits per heavy atom. The van der Waals surface area contributed by atoms with E-state index in [1.807, 2.05) is 19.1 Å². The van der Waals surface area contributed by atoms with E-state index in [2.05, 4.69) is 10.3 Å². The Kier molecular flexibility index (Phi) is 3.71. The Morgan fingerprint density at radius 1 is 1.59 bits per heavy atom. The molecule has 5 heteroatoms. The number of nitrogens with zero attached hydrogens (tertiary/aromatic N) is 1. The highest BCUT2D eigenvalue weighted by atomic mass is 16.5. The molecular weight excluding hydrogens is 218 g/mol. The summed E-state index contributed by atoms with van der Waals surface area (Å²) in [5, 5.41) is 2.75. The molecule has 1 fully saturated rings. The van der Waals surface area contributed by atoms with Crippen LogP contribution in [-0.2, 0) is 9.53 Å². The Bertz CT molecular complexity index is 408. The fraction of sp³-hybridized carbons (Fsp3) is 0.500. The predicted octanol–water partition coefficient (Wildman–Crippen LogP) is 0.835. The third-order valence-corrected chi connectivity index (χ3v) is 2.80. The summed E-state index contributed by atoms with van der Waals surface area (Å²) in [4.78, 5) is 16.1. The molecule has 1 aliphatic heterocycles. The highest BCUT2D eigenvalue weighted by Crippen LogP contribution is 2.20. The van der Waals surface area contributed by atoms with Crippen LogP contribution in [0.25, 0.3) is 0 Å². The number of rotatable bonds is 3. The van der Waals surface area contributed by atoms with E-state index >= 15 is 0 Å². The summed E-state index contributed by atoms with van der Waals surface area (Å²) in [6, 6.07) is 5.50. The van der Waals surface area contributed by atoms with Gasteiger partial charge in [-0.15, -0.1) is 0 Å². The van der Waals surface area contributed by atoms with Gasteiger partial charge in [-0.2, -0.15) is 0 Å². The molecule has 1 amide bonds. The zero-order chi connectivity index (χ0) is 12.3. The van der Waals surface area contributed by atoms with Gasteiger partial charge < -0.3 is 15.8 Å². The van der Waals surface area contributed by atoms with Crippen molar-refractivity contribution in [2.45, 2.75) is 32.0 Å². The quantitative estimate of drug-likeness (QED) is 0.813. The molecule has 0 spiro atoms. The first-order valence-corrected chi connectivity index (χ1v) is 5.79. The summed E-state index contributed by atoms with van der Waals surface area (Å²) in [5.74, 6) is 0.425. The van der Waals surface area contributed by atoms with Crippen molar-refractivity contribution in [1.29, 1.82) is 0 Å². The lowest BCUT2D eigenvalue weighted by Gasteiger charge is -2.12. The van der Waals surface area contributed by atoms with E-state index in [0.717, 1.165) is 18.5 Å². The monoisotopic (exact) mass is 235 g/mol. The molecule has 0 radical (unpaired) electrons. The molecule has 1 aromatic rings. The summed E-state index contributed by atoms with van der Waals surface area (Å²) in [6.45, 7) is 2.35. The second-order valence-electron chi connectivity index (χ2n) is 4.21. The van der Waals surface area contributed by atoms with Gasteiger partial charge >= 0.3 is 0 Å². The van der Waals surface area contributed by atoms with E-state index in [-0.39, 0.29) is 12.0 Å². The average molecular weight is 235 g/mol. The van der Waals surface area contributed by atoms with Gasteiger partial charge in [-0.25, -0.2) is 4.98 Å². The first-order chi connectivity index (χ1) is 8.19. The van der Waals surface area contributed by atoms with E-state index in [4.69, 9.17) is 10.5 Å². The SMILES string of the molecule is Cc1cccc(NC(=O)[C@@H]2CC[C@H](CN)O2)n1. The van der Waals surface area contributed by atoms with E-state index in [1.165, 1.54) is 0 Å². The van der Waals surface area contributed by atoms with E-state index in [0.29, 0.717) is 12.4 Å². The Balaban J connectivity index is 1.93. The lowest BCUT2D eigenvalue weighted by molar-refractivity contribution is -0.126. The molecular formula is C12H17N3O2. The van der Waals surface area contributed by atoms with Gasteiger partial charge in [0.25, 0.3) is 5.91 Å². The summed E-state index contributed by atoms with van der Waals surface area (Å²) in [5.41, 5.74) is 6.37. The first-order valence-electron chi connectivity index (χ1n) is 5.79. The summed E-state index contributed by atoms with van der Waals surface area (Å²) in [6.07, 6.45) is 1.18. The summed E-state index contributed by atoms with van der Waals surface area (Å²) < 4.78 is 5.51. The number of hydrogen-bond donors (Lipinski definition) is 2. The number of nitrogens with two attached hydrogens (primary N) is 1. The smallest absolute Gasteiger partial charge is 0.254 e. The van der Waals surface area contributed by atoms with Gasteiger partial charge in [-0.3, -0.25) is 4.79 Å². The van der Waals surface area contributed by atoms with Gasteiger partial charge in [-0.05, 0) is 31.9 Å². The van der Waals surface area contributed by atoms with Crippen LogP contribution in [-0.4, -0.2) is 29.6 Å². The number of amides is 1. The van der Waals surface area contributed by atoms with Crippen molar-refractivity contribution in [3.63, 3.8) is 0 Å². The number of aromatic nitrogens is 1. The van der Waals surface area contributed by atoms with Crippen molar-refractivity contribution < 1.29 is 9.53 Å². The van der Waals surface area contributed by atoms with Crippen molar-refractivity contribution in [1.82, 2.24) is 4.98 Å². The van der Waals surface area contributed by atoms with Crippen molar-refractivity contribution >= 4 is 11.7 Å². The molecule has 1 aromatic heterocycles. The molecule has 0 unspecified atom stereocenters. The molecule has 5 nitrogen and oxygen atoms in total. The lowest BCUT2D eigenvalue weighted by Crippen LogP contribution is -2.30. The number of anilines is 1. The van der Waals surface area contributed by atoms with Crippen LogP contribution in [0.1, 0.15) is 18.5 Å². The second-order valence-corrected chi connectivity index (χ2v) is 4.21. The molecule has 0 saturated carbocycles. The minimum absolute atomic E-state index is 0.0104. The van der Waals surface area contributed by atoms with Crippen LogP contribution in [0.15, 0.2) is 18.2 Å². The molecule has 2 heterocycles. The number of carbonyl (C=O) groups excluding carboxylic acids is 1. The van der Waals surface area contributed by atoms with Crippen LogP contribution >= 0.6 is 0 Å². The van der Waals surface area contributed by atoms with Crippen LogP contribution in [0.2, 0.25) is 0 Å². The van der Waals surface area contributed by atoms with Gasteiger partial charge in [0, 0.05) is 12.2 Å². The Hall–Kier alpha value is -1.46. The van der Waals surface area contributed by atoms with Crippen molar-refractivity contribution in [2.75, 3.05) is 11.9 Å². The largest absolute Gasteiger partial charge is 0.364 e. The zero-order valence-electron chi connectivity index (χ0n) is 9.85. The topological polar surface area (TPSA) is 77.2 Å². The van der Waals surface area contributed by atoms with E-state index in [1.54, 1.807) is 6.07 Å². The fourth-order valence-electron chi connectivity index (χ4n) is 1.89. The van der Waals surface area contributed by atoms with E-state index in [9.17, 15) is 4.79 Å². The minimum Gasteiger partial charge on any atom is -0.364 e. The van der Waals surface area contributed by atoms with Gasteiger partial charge in [-0.1, -0.05) is 6.07 Å². The van der Waals surface area contributed by atoms with Gasteiger partial charge in [0.15, 0.2) is 0 Å². The number of hydrogen-bond acceptors (Lipinski definition) is 4. The van der Waals surface area contributed by atoms with Gasteiger partial charge in [0.05, 0.1) is 6.10 Å². The summed E-state index contributed by atoms with van der Waals surface area (Å²) >= 11 is 0. The molecule has 3 N–H and O–H groups in total. The number of nitrogens with one attached hydrogen (secondary N) is 1. The molecule has 0 aromatic carbocycles. The molecule has 0 bridgehead atoms. The molecule has 2 atom stereocenters. The minimum atomic E-state index is -0.397. The average Bonchev–Trinajstić information content (AvgIpc) is 2.77. The van der Waals surface area contributed by atoms with Crippen molar-refractivity contribution in [3.8, 4) is 0 Å². The highest BCUT2D eigenvalue weighted by molar-refractivity contribution is 5.93. The van der Waals surface area contributed by atoms with Crippen LogP contribution in [0, 0.1) is 6.92 Å². The second kappa shape index (κ2) is 5.25. The molecule has 1 aliphatic rings. The summed E-state index contributed by atoms with van der Waals surface area (Å²) in [7, 11) is 0. The molecule has 1 saturated heterocycles. The molecule has 0 aliphatic carbocycles. The predicted molar refractivity (Wildman–Crippen MR) is 64.6 cm³/mol. The third kappa shape index (κ3) is 3.01. The van der Waals surface area contributed by atoms with Crippen LogP contribution < -0.4 is 11.1 Å². The third-order valence-electron chi connectivity index (χ3n) is 2.80. The maximum absolute atomic E-state index is 11.9. The molecule has 92 valence electrons. The number of ether oxygens (including phenoxy) is 1. The molecule has 17 heavy (non-hydrogen) atoms. The van der Waals surface area contributed by atoms with Crippen LogP contribution in [0.5, 0.6) is 0 Å². The lowest BCUT2D eigenvalue weighted by atomic mass is 10.2. The van der Waals surface area contributed by atoms with E-state index < -0.39 is 6.10 Å². The van der Waals surface area contributed by atoms with Crippen LogP contribution in [0.3, 0.4) is 0 Å². The van der Waals surface area contributed by atoms with Gasteiger partial charge in [0.1, 0.15) is 11.9 Å². The normalized spacial score (nSPS) is 23.6. The number of carbonyl (C=O) groups is 1. The fourth-order valence-corrected chi connectivity index (χ4v) is 1.89. The van der Waals surface area contributed by atoms with Crippen molar-refractivity contribution in [2.24, 2.45) is 5.73 Å².